The van der Waals surface area contributed by atoms with Gasteiger partial charge < -0.3 is 10.1 Å². The normalized spacial score (nSPS) is 10.6. The summed E-state index contributed by atoms with van der Waals surface area (Å²) in [4.78, 5) is 4.52. The van der Waals surface area contributed by atoms with Gasteiger partial charge in [-0.25, -0.2) is 0 Å². The van der Waals surface area contributed by atoms with Gasteiger partial charge >= 0.3 is 0 Å². The molecule has 2 rings (SSSR count). The second kappa shape index (κ2) is 7.06. The Balaban J connectivity index is 2.17. The summed E-state index contributed by atoms with van der Waals surface area (Å²) in [5, 5.41) is 3.17. The lowest BCUT2D eigenvalue weighted by Crippen LogP contribution is -2.07. The Labute approximate surface area is 121 Å². The largest absolute Gasteiger partial charge is 0.496 e. The Morgan fingerprint density at radius 2 is 1.95 bits per heavy atom. The minimum Gasteiger partial charge on any atom is -0.496 e. The second-order valence-electron chi connectivity index (χ2n) is 4.86. The molecule has 1 N–H and O–H groups in total. The molecule has 0 radical (unpaired) electrons. The van der Waals surface area contributed by atoms with E-state index in [4.69, 9.17) is 4.74 Å². The summed E-state index contributed by atoms with van der Waals surface area (Å²) in [5.74, 6) is 0.928. The van der Waals surface area contributed by atoms with Crippen LogP contribution in [0.15, 0.2) is 36.5 Å². The van der Waals surface area contributed by atoms with Crippen LogP contribution in [-0.4, -0.2) is 19.1 Å². The number of hydrogen-bond donors (Lipinski definition) is 1. The van der Waals surface area contributed by atoms with Crippen LogP contribution in [-0.2, 0) is 19.4 Å². The smallest absolute Gasteiger partial charge is 0.123 e. The molecule has 0 bridgehead atoms. The summed E-state index contributed by atoms with van der Waals surface area (Å²) in [6, 6.07) is 10.6. The van der Waals surface area contributed by atoms with Crippen molar-refractivity contribution < 1.29 is 4.74 Å². The van der Waals surface area contributed by atoms with Crippen LogP contribution in [0.4, 0.5) is 0 Å². The first-order chi connectivity index (χ1) is 9.76. The molecule has 0 aliphatic carbocycles. The van der Waals surface area contributed by atoms with Gasteiger partial charge in [0.15, 0.2) is 0 Å². The second-order valence-corrected chi connectivity index (χ2v) is 4.86. The average molecular weight is 270 g/mol. The van der Waals surface area contributed by atoms with Crippen molar-refractivity contribution in [3.63, 3.8) is 0 Å². The number of ether oxygens (including phenoxy) is 1. The summed E-state index contributed by atoms with van der Waals surface area (Å²) >= 11 is 0. The first-order valence-corrected chi connectivity index (χ1v) is 7.01. The van der Waals surface area contributed by atoms with Crippen molar-refractivity contribution in [2.75, 3.05) is 14.2 Å². The van der Waals surface area contributed by atoms with Crippen molar-refractivity contribution in [3.8, 4) is 5.75 Å². The van der Waals surface area contributed by atoms with Crippen LogP contribution in [0.3, 0.4) is 0 Å². The zero-order chi connectivity index (χ0) is 14.4. The highest BCUT2D eigenvalue weighted by atomic mass is 16.5. The van der Waals surface area contributed by atoms with E-state index < -0.39 is 0 Å². The van der Waals surface area contributed by atoms with Crippen molar-refractivity contribution >= 4 is 0 Å². The van der Waals surface area contributed by atoms with Crippen LogP contribution in [0.25, 0.3) is 0 Å². The molecule has 2 aromatic rings. The summed E-state index contributed by atoms with van der Waals surface area (Å²) in [5.41, 5.74) is 4.81. The van der Waals surface area contributed by atoms with Crippen LogP contribution in [0.2, 0.25) is 0 Å². The molecule has 0 saturated carbocycles. The van der Waals surface area contributed by atoms with E-state index in [1.807, 2.05) is 19.3 Å². The molecule has 0 unspecified atom stereocenters. The highest BCUT2D eigenvalue weighted by Crippen LogP contribution is 2.21. The predicted octanol–water partition coefficient (Wildman–Crippen LogP) is 2.96. The molecule has 0 aliphatic heterocycles. The number of methoxy groups -OCH3 is 1. The summed E-state index contributed by atoms with van der Waals surface area (Å²) in [6.07, 6.45) is 3.85. The number of aryl methyl sites for hydroxylation is 1. The van der Waals surface area contributed by atoms with Gasteiger partial charge in [0.25, 0.3) is 0 Å². The summed E-state index contributed by atoms with van der Waals surface area (Å²) < 4.78 is 5.38. The molecule has 0 amide bonds. The standard InChI is InChI=1S/C17H22N2O/c1-4-13-5-7-16(19-11-13)10-14-6-8-17(20-3)15(9-14)12-18-2/h5-9,11,18H,4,10,12H2,1-3H3. The molecule has 0 spiro atoms. The molecule has 20 heavy (non-hydrogen) atoms. The van der Waals surface area contributed by atoms with E-state index in [0.29, 0.717) is 0 Å². The number of nitrogens with one attached hydrogen (secondary N) is 1. The maximum Gasteiger partial charge on any atom is 0.123 e. The van der Waals surface area contributed by atoms with Crippen molar-refractivity contribution in [2.24, 2.45) is 0 Å². The van der Waals surface area contributed by atoms with Crippen molar-refractivity contribution in [1.82, 2.24) is 10.3 Å². The van der Waals surface area contributed by atoms with Crippen LogP contribution < -0.4 is 10.1 Å². The fraction of sp³-hybridized carbons (Fsp3) is 0.353. The Kier molecular flexibility index (Phi) is 5.13. The van der Waals surface area contributed by atoms with E-state index in [9.17, 15) is 0 Å². The van der Waals surface area contributed by atoms with E-state index in [1.165, 1.54) is 16.7 Å². The first kappa shape index (κ1) is 14.5. The topological polar surface area (TPSA) is 34.1 Å². The lowest BCUT2D eigenvalue weighted by Gasteiger charge is -2.10. The van der Waals surface area contributed by atoms with Crippen LogP contribution in [0.5, 0.6) is 5.75 Å². The molecule has 3 heteroatoms. The van der Waals surface area contributed by atoms with Crippen molar-refractivity contribution in [2.45, 2.75) is 26.3 Å². The Morgan fingerprint density at radius 3 is 2.55 bits per heavy atom. The van der Waals surface area contributed by atoms with Gasteiger partial charge in [-0.2, -0.15) is 0 Å². The average Bonchev–Trinajstić information content (AvgIpc) is 2.49. The Bertz CT molecular complexity index is 549. The molecule has 0 fully saturated rings. The van der Waals surface area contributed by atoms with Gasteiger partial charge in [0.05, 0.1) is 7.11 Å². The summed E-state index contributed by atoms with van der Waals surface area (Å²) in [6.45, 7) is 2.95. The molecule has 106 valence electrons. The van der Waals surface area contributed by atoms with Gasteiger partial charge in [-0.3, -0.25) is 4.98 Å². The zero-order valence-electron chi connectivity index (χ0n) is 12.4. The molecule has 1 heterocycles. The first-order valence-electron chi connectivity index (χ1n) is 7.01. The Morgan fingerprint density at radius 1 is 1.15 bits per heavy atom. The maximum atomic E-state index is 5.38. The molecule has 0 aliphatic rings. The number of hydrogen-bond acceptors (Lipinski definition) is 3. The van der Waals surface area contributed by atoms with Gasteiger partial charge in [-0.05, 0) is 36.7 Å². The number of aromatic nitrogens is 1. The summed E-state index contributed by atoms with van der Waals surface area (Å²) in [7, 11) is 3.65. The number of rotatable bonds is 6. The molecule has 0 atom stereocenters. The lowest BCUT2D eigenvalue weighted by molar-refractivity contribution is 0.408. The minimum atomic E-state index is 0.805. The third-order valence-corrected chi connectivity index (χ3v) is 3.39. The monoisotopic (exact) mass is 270 g/mol. The van der Waals surface area contributed by atoms with Gasteiger partial charge in [-0.1, -0.05) is 25.1 Å². The molecule has 0 saturated heterocycles. The molecule has 3 nitrogen and oxygen atoms in total. The van der Waals surface area contributed by atoms with Gasteiger partial charge in [0.2, 0.25) is 0 Å². The SMILES string of the molecule is CCc1ccc(Cc2ccc(OC)c(CNC)c2)nc1. The predicted molar refractivity (Wildman–Crippen MR) is 82.2 cm³/mol. The number of benzene rings is 1. The van der Waals surface area contributed by atoms with E-state index in [1.54, 1.807) is 7.11 Å². The third kappa shape index (κ3) is 3.58. The van der Waals surface area contributed by atoms with E-state index in [0.717, 1.165) is 30.8 Å². The molecule has 1 aromatic heterocycles. The molecular weight excluding hydrogens is 248 g/mol. The molecule has 1 aromatic carbocycles. The number of nitrogens with zero attached hydrogens (tertiary/aromatic N) is 1. The maximum absolute atomic E-state index is 5.38. The van der Waals surface area contributed by atoms with Crippen molar-refractivity contribution in [1.29, 1.82) is 0 Å². The zero-order valence-corrected chi connectivity index (χ0v) is 12.4. The lowest BCUT2D eigenvalue weighted by atomic mass is 10.0. The van der Waals surface area contributed by atoms with E-state index in [-0.39, 0.29) is 0 Å². The van der Waals surface area contributed by atoms with Crippen LogP contribution in [0.1, 0.15) is 29.3 Å². The molecular formula is C17H22N2O. The van der Waals surface area contributed by atoms with Crippen LogP contribution >= 0.6 is 0 Å². The highest BCUT2D eigenvalue weighted by Gasteiger charge is 2.05. The minimum absolute atomic E-state index is 0.805. The van der Waals surface area contributed by atoms with Gasteiger partial charge in [0.1, 0.15) is 5.75 Å². The fourth-order valence-electron chi connectivity index (χ4n) is 2.25. The van der Waals surface area contributed by atoms with E-state index in [2.05, 4.69) is 41.5 Å². The number of pyridine rings is 1. The third-order valence-electron chi connectivity index (χ3n) is 3.39. The van der Waals surface area contributed by atoms with Gasteiger partial charge in [0, 0.05) is 30.4 Å². The van der Waals surface area contributed by atoms with Gasteiger partial charge in [-0.15, -0.1) is 0 Å². The van der Waals surface area contributed by atoms with E-state index >= 15 is 0 Å². The quantitative estimate of drug-likeness (QED) is 0.876. The highest BCUT2D eigenvalue weighted by molar-refractivity contribution is 5.38. The van der Waals surface area contributed by atoms with Crippen molar-refractivity contribution in [3.05, 3.63) is 58.9 Å². The Hall–Kier alpha value is -1.87. The van der Waals surface area contributed by atoms with Crippen LogP contribution in [0, 0.1) is 0 Å². The fourth-order valence-corrected chi connectivity index (χ4v) is 2.25.